The average molecular weight is 302 g/mol. The lowest BCUT2D eigenvalue weighted by Crippen LogP contribution is -2.30. The number of hydrogen-bond donors (Lipinski definition) is 1. The zero-order chi connectivity index (χ0) is 12.1. The van der Waals surface area contributed by atoms with E-state index in [0.717, 1.165) is 31.2 Å². The van der Waals surface area contributed by atoms with Gasteiger partial charge < -0.3 is 5.32 Å². The maximum Gasteiger partial charge on any atom is 0.220 e. The largest absolute Gasteiger partial charge is 0.355 e. The fraction of sp³-hybridized carbons (Fsp3) is 0.929. The standard InChI is InChI=1S/C14H24BrNO/c15-13(12-7-8-12)10-16-14(17)9-6-11-4-2-1-3-5-11/h11-13H,1-10H2,(H,16,17). The normalized spacial score (nSPS) is 23.4. The minimum atomic E-state index is 0.251. The second kappa shape index (κ2) is 6.77. The smallest absolute Gasteiger partial charge is 0.220 e. The summed E-state index contributed by atoms with van der Waals surface area (Å²) in [5, 5.41) is 3.06. The minimum absolute atomic E-state index is 0.251. The molecule has 0 aliphatic heterocycles. The molecule has 1 atom stereocenters. The number of carbonyl (C=O) groups is 1. The van der Waals surface area contributed by atoms with E-state index in [2.05, 4.69) is 21.2 Å². The molecule has 0 radical (unpaired) electrons. The van der Waals surface area contributed by atoms with Gasteiger partial charge in [-0.05, 0) is 31.1 Å². The molecule has 0 saturated heterocycles. The van der Waals surface area contributed by atoms with Gasteiger partial charge in [0.1, 0.15) is 0 Å². The van der Waals surface area contributed by atoms with E-state index < -0.39 is 0 Å². The Labute approximate surface area is 113 Å². The van der Waals surface area contributed by atoms with Crippen LogP contribution in [0.1, 0.15) is 57.8 Å². The first-order valence-corrected chi connectivity index (χ1v) is 8.08. The minimum Gasteiger partial charge on any atom is -0.355 e. The Morgan fingerprint density at radius 1 is 1.18 bits per heavy atom. The Kier molecular flexibility index (Phi) is 5.33. The average Bonchev–Trinajstić information content (AvgIpc) is 3.19. The fourth-order valence-corrected chi connectivity index (χ4v) is 3.43. The van der Waals surface area contributed by atoms with Crippen molar-refractivity contribution in [1.29, 1.82) is 0 Å². The van der Waals surface area contributed by atoms with E-state index in [1.807, 2.05) is 0 Å². The molecule has 0 heterocycles. The van der Waals surface area contributed by atoms with Crippen LogP contribution in [-0.2, 0) is 4.79 Å². The summed E-state index contributed by atoms with van der Waals surface area (Å²) < 4.78 is 0. The lowest BCUT2D eigenvalue weighted by Gasteiger charge is -2.21. The molecule has 0 aromatic heterocycles. The Morgan fingerprint density at radius 3 is 2.53 bits per heavy atom. The molecular weight excluding hydrogens is 278 g/mol. The monoisotopic (exact) mass is 301 g/mol. The topological polar surface area (TPSA) is 29.1 Å². The highest BCUT2D eigenvalue weighted by Crippen LogP contribution is 2.36. The van der Waals surface area contributed by atoms with Crippen LogP contribution in [0.5, 0.6) is 0 Å². The van der Waals surface area contributed by atoms with Crippen molar-refractivity contribution < 1.29 is 4.79 Å². The molecule has 98 valence electrons. The Bertz CT molecular complexity index is 247. The van der Waals surface area contributed by atoms with Crippen molar-refractivity contribution in [2.24, 2.45) is 11.8 Å². The van der Waals surface area contributed by atoms with Crippen molar-refractivity contribution >= 4 is 21.8 Å². The first kappa shape index (κ1) is 13.4. The zero-order valence-corrected chi connectivity index (χ0v) is 12.2. The Balaban J connectivity index is 1.53. The first-order chi connectivity index (χ1) is 8.25. The van der Waals surface area contributed by atoms with Crippen LogP contribution in [0, 0.1) is 11.8 Å². The highest BCUT2D eigenvalue weighted by atomic mass is 79.9. The van der Waals surface area contributed by atoms with Gasteiger partial charge in [0.15, 0.2) is 0 Å². The van der Waals surface area contributed by atoms with Gasteiger partial charge in [-0.2, -0.15) is 0 Å². The Morgan fingerprint density at radius 2 is 1.88 bits per heavy atom. The van der Waals surface area contributed by atoms with Crippen molar-refractivity contribution in [2.45, 2.75) is 62.6 Å². The molecule has 2 fully saturated rings. The number of hydrogen-bond acceptors (Lipinski definition) is 1. The number of halogens is 1. The third kappa shape index (κ3) is 4.99. The van der Waals surface area contributed by atoms with Gasteiger partial charge in [-0.3, -0.25) is 4.79 Å². The van der Waals surface area contributed by atoms with Crippen LogP contribution >= 0.6 is 15.9 Å². The summed E-state index contributed by atoms with van der Waals surface area (Å²) in [4.78, 5) is 12.2. The van der Waals surface area contributed by atoms with E-state index in [9.17, 15) is 4.79 Å². The van der Waals surface area contributed by atoms with Gasteiger partial charge in [-0.15, -0.1) is 0 Å². The lowest BCUT2D eigenvalue weighted by atomic mass is 9.86. The van der Waals surface area contributed by atoms with E-state index in [1.54, 1.807) is 0 Å². The lowest BCUT2D eigenvalue weighted by molar-refractivity contribution is -0.121. The predicted molar refractivity (Wildman–Crippen MR) is 74.3 cm³/mol. The zero-order valence-electron chi connectivity index (χ0n) is 10.6. The van der Waals surface area contributed by atoms with E-state index in [1.165, 1.54) is 44.9 Å². The van der Waals surface area contributed by atoms with Gasteiger partial charge in [-0.1, -0.05) is 48.0 Å². The van der Waals surface area contributed by atoms with Crippen molar-refractivity contribution in [3.63, 3.8) is 0 Å². The van der Waals surface area contributed by atoms with Gasteiger partial charge in [0.2, 0.25) is 5.91 Å². The molecule has 1 amide bonds. The first-order valence-electron chi connectivity index (χ1n) is 7.16. The molecule has 2 aliphatic carbocycles. The van der Waals surface area contributed by atoms with E-state index in [4.69, 9.17) is 0 Å². The van der Waals surface area contributed by atoms with Crippen LogP contribution in [0.4, 0.5) is 0 Å². The van der Waals surface area contributed by atoms with Gasteiger partial charge >= 0.3 is 0 Å². The van der Waals surface area contributed by atoms with Crippen LogP contribution in [0.3, 0.4) is 0 Å². The highest BCUT2D eigenvalue weighted by Gasteiger charge is 2.29. The molecule has 1 unspecified atom stereocenters. The summed E-state index contributed by atoms with van der Waals surface area (Å²) in [6, 6.07) is 0. The van der Waals surface area contributed by atoms with E-state index >= 15 is 0 Å². The highest BCUT2D eigenvalue weighted by molar-refractivity contribution is 9.09. The molecule has 17 heavy (non-hydrogen) atoms. The summed E-state index contributed by atoms with van der Waals surface area (Å²) in [5.41, 5.74) is 0. The van der Waals surface area contributed by atoms with E-state index in [0.29, 0.717) is 4.83 Å². The summed E-state index contributed by atoms with van der Waals surface area (Å²) in [6.07, 6.45) is 11.3. The van der Waals surface area contributed by atoms with Crippen LogP contribution in [0.2, 0.25) is 0 Å². The van der Waals surface area contributed by atoms with Gasteiger partial charge in [0, 0.05) is 17.8 Å². The molecule has 2 nitrogen and oxygen atoms in total. The van der Waals surface area contributed by atoms with Crippen LogP contribution in [0.15, 0.2) is 0 Å². The van der Waals surface area contributed by atoms with Crippen molar-refractivity contribution in [2.75, 3.05) is 6.54 Å². The Hall–Kier alpha value is -0.0500. The maximum absolute atomic E-state index is 11.7. The fourth-order valence-electron chi connectivity index (χ4n) is 2.74. The molecule has 0 aromatic carbocycles. The summed E-state index contributed by atoms with van der Waals surface area (Å²) in [5.74, 6) is 1.88. The third-order valence-electron chi connectivity index (χ3n) is 4.13. The van der Waals surface area contributed by atoms with Crippen molar-refractivity contribution in [1.82, 2.24) is 5.32 Å². The number of amides is 1. The number of alkyl halides is 1. The molecular formula is C14H24BrNO. The molecule has 2 saturated carbocycles. The quantitative estimate of drug-likeness (QED) is 0.746. The van der Waals surface area contributed by atoms with E-state index in [-0.39, 0.29) is 5.91 Å². The predicted octanol–water partition coefficient (Wildman–Crippen LogP) is 3.64. The van der Waals surface area contributed by atoms with Crippen LogP contribution < -0.4 is 5.32 Å². The van der Waals surface area contributed by atoms with Crippen molar-refractivity contribution in [3.8, 4) is 0 Å². The maximum atomic E-state index is 11.7. The summed E-state index contributed by atoms with van der Waals surface area (Å²) in [7, 11) is 0. The van der Waals surface area contributed by atoms with Gasteiger partial charge in [-0.25, -0.2) is 0 Å². The van der Waals surface area contributed by atoms with Gasteiger partial charge in [0.05, 0.1) is 0 Å². The van der Waals surface area contributed by atoms with Crippen LogP contribution in [-0.4, -0.2) is 17.3 Å². The number of nitrogens with one attached hydrogen (secondary N) is 1. The number of carbonyl (C=O) groups excluding carboxylic acids is 1. The van der Waals surface area contributed by atoms with Crippen LogP contribution in [0.25, 0.3) is 0 Å². The molecule has 0 bridgehead atoms. The summed E-state index contributed by atoms with van der Waals surface area (Å²) >= 11 is 3.65. The molecule has 2 aliphatic rings. The SMILES string of the molecule is O=C(CCC1CCCCC1)NCC(Br)C1CC1. The molecule has 2 rings (SSSR count). The third-order valence-corrected chi connectivity index (χ3v) is 5.20. The summed E-state index contributed by atoms with van der Waals surface area (Å²) in [6.45, 7) is 0.814. The molecule has 1 N–H and O–H groups in total. The molecule has 3 heteroatoms. The molecule has 0 aromatic rings. The second-order valence-corrected chi connectivity index (χ2v) is 6.88. The number of rotatable bonds is 6. The van der Waals surface area contributed by atoms with Crippen molar-refractivity contribution in [3.05, 3.63) is 0 Å². The molecule has 0 spiro atoms. The van der Waals surface area contributed by atoms with Gasteiger partial charge in [0.25, 0.3) is 0 Å². The second-order valence-electron chi connectivity index (χ2n) is 5.70.